The fourth-order valence-corrected chi connectivity index (χ4v) is 2.80. The van der Waals surface area contributed by atoms with Crippen LogP contribution in [-0.4, -0.2) is 5.16 Å². The lowest BCUT2D eigenvalue weighted by Gasteiger charge is -2.18. The summed E-state index contributed by atoms with van der Waals surface area (Å²) in [5.74, 6) is 1.62. The topological polar surface area (TPSA) is 26.0 Å². The quantitative estimate of drug-likeness (QED) is 0.800. The van der Waals surface area contributed by atoms with Crippen LogP contribution in [0.4, 0.5) is 0 Å². The fourth-order valence-electron chi connectivity index (χ4n) is 2.80. The molecule has 0 saturated heterocycles. The Hall–Kier alpha value is -1.57. The van der Waals surface area contributed by atoms with Crippen molar-refractivity contribution >= 4 is 0 Å². The van der Waals surface area contributed by atoms with Gasteiger partial charge in [0.1, 0.15) is 5.76 Å². The molecule has 1 fully saturated rings. The van der Waals surface area contributed by atoms with E-state index in [0.29, 0.717) is 5.92 Å². The summed E-state index contributed by atoms with van der Waals surface area (Å²) in [7, 11) is 0. The highest BCUT2D eigenvalue weighted by atomic mass is 16.5. The molecule has 0 radical (unpaired) electrons. The van der Waals surface area contributed by atoms with E-state index < -0.39 is 0 Å². The standard InChI is InChI=1S/C16H19NO/c1-3-7-13(8-4-1)11-15-12-16(17-18-15)14-9-5-2-6-10-14/h1,3-4,7-8,12,14H,2,5-6,9-11H2. The Labute approximate surface area is 108 Å². The van der Waals surface area contributed by atoms with Crippen LogP contribution in [0, 0.1) is 0 Å². The zero-order valence-electron chi connectivity index (χ0n) is 10.6. The number of aromatic nitrogens is 1. The second kappa shape index (κ2) is 5.38. The van der Waals surface area contributed by atoms with Crippen molar-refractivity contribution in [2.45, 2.75) is 44.4 Å². The molecule has 3 rings (SSSR count). The van der Waals surface area contributed by atoms with Crippen molar-refractivity contribution in [2.75, 3.05) is 0 Å². The Morgan fingerprint density at radius 3 is 2.61 bits per heavy atom. The normalized spacial score (nSPS) is 16.9. The zero-order chi connectivity index (χ0) is 12.2. The third kappa shape index (κ3) is 2.63. The molecule has 0 atom stereocenters. The summed E-state index contributed by atoms with van der Waals surface area (Å²) in [4.78, 5) is 0. The molecule has 1 aliphatic carbocycles. The molecule has 0 bridgehead atoms. The van der Waals surface area contributed by atoms with E-state index >= 15 is 0 Å². The Morgan fingerprint density at radius 2 is 1.83 bits per heavy atom. The third-order valence-corrected chi connectivity index (χ3v) is 3.82. The SMILES string of the molecule is c1ccc(Cc2cc(C3CCCCC3)no2)cc1. The highest BCUT2D eigenvalue weighted by Crippen LogP contribution is 2.32. The minimum atomic E-state index is 0.632. The first-order chi connectivity index (χ1) is 8.92. The summed E-state index contributed by atoms with van der Waals surface area (Å²) < 4.78 is 5.47. The maximum Gasteiger partial charge on any atom is 0.141 e. The van der Waals surface area contributed by atoms with Gasteiger partial charge >= 0.3 is 0 Å². The molecular formula is C16H19NO. The van der Waals surface area contributed by atoms with Gasteiger partial charge in [-0.2, -0.15) is 0 Å². The van der Waals surface area contributed by atoms with Crippen LogP contribution in [0.3, 0.4) is 0 Å². The molecule has 0 spiro atoms. The molecule has 0 amide bonds. The van der Waals surface area contributed by atoms with Crippen molar-refractivity contribution in [2.24, 2.45) is 0 Å². The Kier molecular flexibility index (Phi) is 3.44. The number of hydrogen-bond donors (Lipinski definition) is 0. The van der Waals surface area contributed by atoms with Gasteiger partial charge in [0.05, 0.1) is 5.69 Å². The summed E-state index contributed by atoms with van der Waals surface area (Å²) in [6.07, 6.45) is 7.46. The van der Waals surface area contributed by atoms with Crippen molar-refractivity contribution in [3.63, 3.8) is 0 Å². The number of nitrogens with zero attached hydrogens (tertiary/aromatic N) is 1. The van der Waals surface area contributed by atoms with Crippen molar-refractivity contribution in [3.05, 3.63) is 53.4 Å². The van der Waals surface area contributed by atoms with Gasteiger partial charge in [0.25, 0.3) is 0 Å². The van der Waals surface area contributed by atoms with E-state index in [1.165, 1.54) is 43.4 Å². The molecular weight excluding hydrogens is 222 g/mol. The van der Waals surface area contributed by atoms with Crippen molar-refractivity contribution in [1.82, 2.24) is 5.16 Å². The summed E-state index contributed by atoms with van der Waals surface area (Å²) in [5, 5.41) is 4.26. The Balaban J connectivity index is 1.69. The van der Waals surface area contributed by atoms with Gasteiger partial charge in [-0.15, -0.1) is 0 Å². The summed E-state index contributed by atoms with van der Waals surface area (Å²) in [5.41, 5.74) is 2.45. The number of rotatable bonds is 3. The van der Waals surface area contributed by atoms with E-state index in [4.69, 9.17) is 4.52 Å². The lowest BCUT2D eigenvalue weighted by Crippen LogP contribution is -2.04. The molecule has 94 valence electrons. The Bertz CT molecular complexity index is 483. The Morgan fingerprint density at radius 1 is 1.06 bits per heavy atom. The van der Waals surface area contributed by atoms with Crippen LogP contribution in [0.25, 0.3) is 0 Å². The smallest absolute Gasteiger partial charge is 0.141 e. The predicted molar refractivity (Wildman–Crippen MR) is 71.6 cm³/mol. The molecule has 2 heteroatoms. The van der Waals surface area contributed by atoms with Crippen LogP contribution in [0.15, 0.2) is 40.9 Å². The van der Waals surface area contributed by atoms with Gasteiger partial charge in [-0.3, -0.25) is 0 Å². The first-order valence-corrected chi connectivity index (χ1v) is 6.91. The molecule has 1 aromatic carbocycles. The van der Waals surface area contributed by atoms with Gasteiger partial charge in [-0.05, 0) is 18.4 Å². The minimum absolute atomic E-state index is 0.632. The van der Waals surface area contributed by atoms with E-state index in [2.05, 4.69) is 35.5 Å². The molecule has 1 heterocycles. The van der Waals surface area contributed by atoms with Crippen LogP contribution in [0.1, 0.15) is 55.0 Å². The highest BCUT2D eigenvalue weighted by molar-refractivity contribution is 5.22. The average Bonchev–Trinajstić information content (AvgIpc) is 2.89. The molecule has 18 heavy (non-hydrogen) atoms. The van der Waals surface area contributed by atoms with Gasteiger partial charge in [-0.1, -0.05) is 54.8 Å². The van der Waals surface area contributed by atoms with E-state index in [0.717, 1.165) is 12.2 Å². The van der Waals surface area contributed by atoms with Crippen LogP contribution in [-0.2, 0) is 6.42 Å². The second-order valence-electron chi connectivity index (χ2n) is 5.22. The van der Waals surface area contributed by atoms with Crippen LogP contribution in [0.5, 0.6) is 0 Å². The van der Waals surface area contributed by atoms with Crippen LogP contribution >= 0.6 is 0 Å². The molecule has 1 aliphatic rings. The van der Waals surface area contributed by atoms with Crippen molar-refractivity contribution in [1.29, 1.82) is 0 Å². The van der Waals surface area contributed by atoms with Gasteiger partial charge in [-0.25, -0.2) is 0 Å². The first kappa shape index (κ1) is 11.5. The molecule has 1 aromatic heterocycles. The molecule has 0 unspecified atom stereocenters. The van der Waals surface area contributed by atoms with Gasteiger partial charge in [0.15, 0.2) is 0 Å². The monoisotopic (exact) mass is 241 g/mol. The first-order valence-electron chi connectivity index (χ1n) is 6.91. The lowest BCUT2D eigenvalue weighted by atomic mass is 9.87. The minimum Gasteiger partial charge on any atom is -0.361 e. The summed E-state index contributed by atoms with van der Waals surface area (Å²) in [6.45, 7) is 0. The lowest BCUT2D eigenvalue weighted by molar-refractivity contribution is 0.362. The maximum absolute atomic E-state index is 5.47. The predicted octanol–water partition coefficient (Wildman–Crippen LogP) is 4.31. The highest BCUT2D eigenvalue weighted by Gasteiger charge is 2.19. The number of benzene rings is 1. The molecule has 2 nitrogen and oxygen atoms in total. The fraction of sp³-hybridized carbons (Fsp3) is 0.438. The van der Waals surface area contributed by atoms with E-state index in [-0.39, 0.29) is 0 Å². The van der Waals surface area contributed by atoms with Crippen LogP contribution in [0.2, 0.25) is 0 Å². The number of hydrogen-bond acceptors (Lipinski definition) is 2. The van der Waals surface area contributed by atoms with Crippen LogP contribution < -0.4 is 0 Å². The average molecular weight is 241 g/mol. The van der Waals surface area contributed by atoms with Gasteiger partial charge in [0, 0.05) is 18.4 Å². The van der Waals surface area contributed by atoms with Gasteiger partial charge < -0.3 is 4.52 Å². The van der Waals surface area contributed by atoms with Gasteiger partial charge in [0.2, 0.25) is 0 Å². The molecule has 0 N–H and O–H groups in total. The largest absolute Gasteiger partial charge is 0.361 e. The summed E-state index contributed by atoms with van der Waals surface area (Å²) >= 11 is 0. The van der Waals surface area contributed by atoms with Crippen molar-refractivity contribution in [3.8, 4) is 0 Å². The van der Waals surface area contributed by atoms with E-state index in [9.17, 15) is 0 Å². The third-order valence-electron chi connectivity index (χ3n) is 3.82. The van der Waals surface area contributed by atoms with Crippen molar-refractivity contribution < 1.29 is 4.52 Å². The zero-order valence-corrected chi connectivity index (χ0v) is 10.6. The molecule has 2 aromatic rings. The van der Waals surface area contributed by atoms with E-state index in [1.54, 1.807) is 0 Å². The van der Waals surface area contributed by atoms with E-state index in [1.807, 2.05) is 6.07 Å². The summed E-state index contributed by atoms with van der Waals surface area (Å²) in [6, 6.07) is 12.6. The molecule has 1 saturated carbocycles. The second-order valence-corrected chi connectivity index (χ2v) is 5.22. The maximum atomic E-state index is 5.47. The molecule has 0 aliphatic heterocycles.